The zero-order valence-corrected chi connectivity index (χ0v) is 18.0. The van der Waals surface area contributed by atoms with Crippen molar-refractivity contribution in [1.82, 2.24) is 14.7 Å². The van der Waals surface area contributed by atoms with Crippen molar-refractivity contribution in [3.05, 3.63) is 82.7 Å². The van der Waals surface area contributed by atoms with Crippen LogP contribution in [0.3, 0.4) is 0 Å². The number of aromatic amines is 1. The lowest BCUT2D eigenvalue weighted by Gasteiger charge is -2.13. The summed E-state index contributed by atoms with van der Waals surface area (Å²) in [5.74, 6) is 4.00. The number of sulfonamides is 1. The van der Waals surface area contributed by atoms with Gasteiger partial charge < -0.3 is 10.1 Å². The van der Waals surface area contributed by atoms with E-state index in [0.717, 1.165) is 16.7 Å². The van der Waals surface area contributed by atoms with E-state index in [1.165, 1.54) is 36.4 Å². The second-order valence-corrected chi connectivity index (χ2v) is 9.83. The first-order valence-electron chi connectivity index (χ1n) is 9.35. The Morgan fingerprint density at radius 2 is 1.97 bits per heavy atom. The normalized spacial score (nSPS) is 12.3. The molecule has 0 spiro atoms. The number of fused-ring (bicyclic) bond motifs is 1. The summed E-state index contributed by atoms with van der Waals surface area (Å²) >= 11 is 0.919. The van der Waals surface area contributed by atoms with Crippen LogP contribution in [0.2, 0.25) is 0 Å². The standard InChI is InChI=1S/C22H16FN3O4S2/c23-16-6-3-14(4-7-16)5-8-17-9-10-20(31-17)32(29,30)26-19(22(27)28)12-15-13-25-21-18(15)2-1-11-24-21/h1-4,6-7,9-11,13,19,26H,12H2,(H,24,25)(H,27,28)/t19-/m0/s1. The van der Waals surface area contributed by atoms with Crippen molar-refractivity contribution in [1.29, 1.82) is 0 Å². The number of thiophene rings is 1. The molecule has 0 radical (unpaired) electrons. The van der Waals surface area contributed by atoms with Gasteiger partial charge in [-0.3, -0.25) is 4.79 Å². The zero-order valence-electron chi connectivity index (χ0n) is 16.4. The molecule has 10 heteroatoms. The predicted octanol–water partition coefficient (Wildman–Crippen LogP) is 3.14. The molecule has 0 aliphatic rings. The topological polar surface area (TPSA) is 112 Å². The van der Waals surface area contributed by atoms with Crippen molar-refractivity contribution < 1.29 is 22.7 Å². The molecule has 1 atom stereocenters. The number of nitrogens with one attached hydrogen (secondary N) is 2. The van der Waals surface area contributed by atoms with Crippen LogP contribution in [0.15, 0.2) is 65.1 Å². The molecule has 7 nitrogen and oxygen atoms in total. The first-order valence-corrected chi connectivity index (χ1v) is 11.7. The number of rotatable bonds is 6. The Hall–Kier alpha value is -3.52. The van der Waals surface area contributed by atoms with Gasteiger partial charge in [0, 0.05) is 29.8 Å². The lowest BCUT2D eigenvalue weighted by atomic mass is 10.1. The van der Waals surface area contributed by atoms with Gasteiger partial charge in [0.1, 0.15) is 21.7 Å². The lowest BCUT2D eigenvalue weighted by molar-refractivity contribution is -0.138. The summed E-state index contributed by atoms with van der Waals surface area (Å²) < 4.78 is 40.8. The predicted molar refractivity (Wildman–Crippen MR) is 118 cm³/mol. The van der Waals surface area contributed by atoms with Crippen LogP contribution >= 0.6 is 11.3 Å². The van der Waals surface area contributed by atoms with E-state index >= 15 is 0 Å². The van der Waals surface area contributed by atoms with Gasteiger partial charge in [0.2, 0.25) is 0 Å². The van der Waals surface area contributed by atoms with Gasteiger partial charge in [0.15, 0.2) is 0 Å². The summed E-state index contributed by atoms with van der Waals surface area (Å²) in [4.78, 5) is 19.3. The highest BCUT2D eigenvalue weighted by Gasteiger charge is 2.27. The fourth-order valence-electron chi connectivity index (χ4n) is 3.02. The highest BCUT2D eigenvalue weighted by atomic mass is 32.2. The molecular formula is C22H16FN3O4S2. The first kappa shape index (κ1) is 21.7. The van der Waals surface area contributed by atoms with Crippen LogP contribution in [-0.4, -0.2) is 35.5 Å². The molecule has 4 aromatic rings. The minimum atomic E-state index is -4.08. The molecule has 4 rings (SSSR count). The number of aliphatic carboxylic acids is 1. The number of aromatic nitrogens is 2. The van der Waals surface area contributed by atoms with Gasteiger partial charge >= 0.3 is 5.97 Å². The minimum Gasteiger partial charge on any atom is -0.480 e. The van der Waals surface area contributed by atoms with Crippen LogP contribution in [0.4, 0.5) is 4.39 Å². The molecule has 0 amide bonds. The molecule has 0 saturated heterocycles. The molecule has 3 aromatic heterocycles. The summed E-state index contributed by atoms with van der Waals surface area (Å²) in [7, 11) is -4.08. The second kappa shape index (κ2) is 8.92. The quantitative estimate of drug-likeness (QED) is 0.376. The maximum atomic E-state index is 13.0. The van der Waals surface area contributed by atoms with Crippen molar-refractivity contribution in [2.24, 2.45) is 0 Å². The van der Waals surface area contributed by atoms with E-state index in [0.29, 0.717) is 21.7 Å². The van der Waals surface area contributed by atoms with Crippen LogP contribution < -0.4 is 4.72 Å². The van der Waals surface area contributed by atoms with Gasteiger partial charge in [0.25, 0.3) is 10.0 Å². The van der Waals surface area contributed by atoms with Gasteiger partial charge in [-0.05, 0) is 54.1 Å². The fraction of sp³-hybridized carbons (Fsp3) is 0.0909. The Labute approximate surface area is 187 Å². The Kier molecular flexibility index (Phi) is 6.05. The van der Waals surface area contributed by atoms with E-state index in [2.05, 4.69) is 26.5 Å². The van der Waals surface area contributed by atoms with E-state index in [1.54, 1.807) is 24.5 Å². The van der Waals surface area contributed by atoms with Gasteiger partial charge in [0.05, 0.1) is 4.88 Å². The van der Waals surface area contributed by atoms with Crippen molar-refractivity contribution in [3.63, 3.8) is 0 Å². The number of carboxylic acid groups (broad SMARTS) is 1. The third-order valence-electron chi connectivity index (χ3n) is 4.58. The molecule has 0 bridgehead atoms. The number of nitrogens with zero attached hydrogens (tertiary/aromatic N) is 1. The number of carboxylic acids is 1. The number of hydrogen-bond donors (Lipinski definition) is 3. The molecule has 0 aliphatic heterocycles. The fourth-order valence-corrected chi connectivity index (χ4v) is 5.39. The molecule has 162 valence electrons. The van der Waals surface area contributed by atoms with E-state index < -0.39 is 22.0 Å². The third kappa shape index (κ3) is 4.86. The Morgan fingerprint density at radius 3 is 2.72 bits per heavy atom. The minimum absolute atomic E-state index is 0.0484. The van der Waals surface area contributed by atoms with Gasteiger partial charge in [-0.15, -0.1) is 11.3 Å². The highest BCUT2D eigenvalue weighted by Crippen LogP contribution is 2.23. The van der Waals surface area contributed by atoms with Crippen molar-refractivity contribution >= 4 is 38.4 Å². The Bertz CT molecular complexity index is 1450. The summed E-state index contributed by atoms with van der Waals surface area (Å²) in [6.07, 6.45) is 3.17. The first-order chi connectivity index (χ1) is 15.3. The Morgan fingerprint density at radius 1 is 1.19 bits per heavy atom. The molecular weight excluding hydrogens is 453 g/mol. The summed E-state index contributed by atoms with van der Waals surface area (Å²) in [5.41, 5.74) is 1.82. The molecule has 1 aromatic carbocycles. The van der Waals surface area contributed by atoms with E-state index in [9.17, 15) is 22.7 Å². The zero-order chi connectivity index (χ0) is 22.7. The lowest BCUT2D eigenvalue weighted by Crippen LogP contribution is -2.41. The number of halogens is 1. The number of hydrogen-bond acceptors (Lipinski definition) is 5. The van der Waals surface area contributed by atoms with E-state index in [4.69, 9.17) is 0 Å². The number of benzene rings is 1. The molecule has 0 saturated carbocycles. The molecule has 3 N–H and O–H groups in total. The molecule has 32 heavy (non-hydrogen) atoms. The smallest absolute Gasteiger partial charge is 0.322 e. The van der Waals surface area contributed by atoms with Crippen LogP contribution in [0.25, 0.3) is 11.0 Å². The van der Waals surface area contributed by atoms with Gasteiger partial charge in [-0.2, -0.15) is 4.72 Å². The summed E-state index contributed by atoms with van der Waals surface area (Å²) in [6, 6.07) is 10.7. The van der Waals surface area contributed by atoms with Crippen LogP contribution in [0.5, 0.6) is 0 Å². The molecule has 0 unspecified atom stereocenters. The monoisotopic (exact) mass is 469 g/mol. The number of H-pyrrole nitrogens is 1. The van der Waals surface area contributed by atoms with Crippen LogP contribution in [0.1, 0.15) is 16.0 Å². The Balaban J connectivity index is 1.52. The molecule has 3 heterocycles. The maximum Gasteiger partial charge on any atom is 0.322 e. The van der Waals surface area contributed by atoms with Crippen LogP contribution in [-0.2, 0) is 21.2 Å². The molecule has 0 fully saturated rings. The highest BCUT2D eigenvalue weighted by molar-refractivity contribution is 7.91. The van der Waals surface area contributed by atoms with Crippen LogP contribution in [0, 0.1) is 17.7 Å². The SMILES string of the molecule is O=C(O)[C@H](Cc1c[nH]c2ncccc12)NS(=O)(=O)c1ccc(C#Cc2ccc(F)cc2)s1. The maximum absolute atomic E-state index is 13.0. The summed E-state index contributed by atoms with van der Waals surface area (Å²) in [5, 5.41) is 10.3. The van der Waals surface area contributed by atoms with Gasteiger partial charge in [-0.1, -0.05) is 11.8 Å². The van der Waals surface area contributed by atoms with Crippen molar-refractivity contribution in [3.8, 4) is 11.8 Å². The molecule has 0 aliphatic carbocycles. The van der Waals surface area contributed by atoms with E-state index in [1.807, 2.05) is 0 Å². The van der Waals surface area contributed by atoms with E-state index in [-0.39, 0.29) is 16.4 Å². The number of pyridine rings is 1. The van der Waals surface area contributed by atoms with Gasteiger partial charge in [-0.25, -0.2) is 17.8 Å². The average Bonchev–Trinajstić information content (AvgIpc) is 3.41. The second-order valence-electron chi connectivity index (χ2n) is 6.81. The third-order valence-corrected chi connectivity index (χ3v) is 7.54. The summed E-state index contributed by atoms with van der Waals surface area (Å²) in [6.45, 7) is 0. The van der Waals surface area contributed by atoms with Crippen molar-refractivity contribution in [2.75, 3.05) is 0 Å². The average molecular weight is 470 g/mol. The van der Waals surface area contributed by atoms with Crippen molar-refractivity contribution in [2.45, 2.75) is 16.7 Å². The number of carbonyl (C=O) groups is 1. The largest absolute Gasteiger partial charge is 0.480 e.